The summed E-state index contributed by atoms with van der Waals surface area (Å²) in [6, 6.07) is 0.453. The molecule has 3 unspecified atom stereocenters. The number of fused-ring (bicyclic) bond motifs is 2. The highest BCUT2D eigenvalue weighted by Crippen LogP contribution is 2.33. The third-order valence-electron chi connectivity index (χ3n) is 2.25. The van der Waals surface area contributed by atoms with Crippen LogP contribution in [0.2, 0.25) is 0 Å². The molecule has 3 atom stereocenters. The van der Waals surface area contributed by atoms with Gasteiger partial charge in [-0.25, -0.2) is 0 Å². The smallest absolute Gasteiger partial charge is 0.0594 e. The lowest BCUT2D eigenvalue weighted by atomic mass is 10.1. The van der Waals surface area contributed by atoms with Crippen LogP contribution in [0.25, 0.3) is 0 Å². The second-order valence-electron chi connectivity index (χ2n) is 2.85. The maximum absolute atomic E-state index is 5.74. The van der Waals surface area contributed by atoms with Crippen LogP contribution in [-0.4, -0.2) is 18.8 Å². The topological polar surface area (TPSA) is 35.2 Å². The first kappa shape index (κ1) is 7.32. The van der Waals surface area contributed by atoms with Crippen LogP contribution in [0.4, 0.5) is 0 Å². The first-order valence-electron chi connectivity index (χ1n) is 3.23. The molecule has 3 heteroatoms. The molecule has 1 heterocycles. The van der Waals surface area contributed by atoms with Crippen LogP contribution in [0.3, 0.4) is 0 Å². The van der Waals surface area contributed by atoms with E-state index < -0.39 is 0 Å². The van der Waals surface area contributed by atoms with Crippen molar-refractivity contribution >= 4 is 12.4 Å². The van der Waals surface area contributed by atoms with E-state index >= 15 is 0 Å². The van der Waals surface area contributed by atoms with E-state index in [9.17, 15) is 0 Å². The van der Waals surface area contributed by atoms with Crippen LogP contribution in [0, 0.1) is 5.92 Å². The zero-order chi connectivity index (χ0) is 5.56. The van der Waals surface area contributed by atoms with Gasteiger partial charge in [0.05, 0.1) is 12.7 Å². The number of hydrogen-bond acceptors (Lipinski definition) is 2. The van der Waals surface area contributed by atoms with Gasteiger partial charge in [0.15, 0.2) is 0 Å². The maximum Gasteiger partial charge on any atom is 0.0594 e. The van der Waals surface area contributed by atoms with Crippen molar-refractivity contribution in [1.29, 1.82) is 0 Å². The van der Waals surface area contributed by atoms with Crippen LogP contribution in [0.1, 0.15) is 12.8 Å². The Labute approximate surface area is 61.2 Å². The van der Waals surface area contributed by atoms with Crippen molar-refractivity contribution in [3.05, 3.63) is 0 Å². The van der Waals surface area contributed by atoms with Gasteiger partial charge in [0, 0.05) is 6.04 Å². The second kappa shape index (κ2) is 2.45. The van der Waals surface area contributed by atoms with Crippen molar-refractivity contribution in [2.24, 2.45) is 11.7 Å². The summed E-state index contributed by atoms with van der Waals surface area (Å²) in [5, 5.41) is 0. The minimum atomic E-state index is 0. The van der Waals surface area contributed by atoms with E-state index in [-0.39, 0.29) is 12.4 Å². The molecule has 1 aliphatic heterocycles. The Balaban J connectivity index is 0.000000405. The van der Waals surface area contributed by atoms with Crippen LogP contribution >= 0.6 is 12.4 Å². The number of hydrogen-bond donors (Lipinski definition) is 1. The summed E-state index contributed by atoms with van der Waals surface area (Å²) in [6.45, 7) is 0.922. The number of halogens is 1. The Morgan fingerprint density at radius 3 is 2.33 bits per heavy atom. The van der Waals surface area contributed by atoms with Gasteiger partial charge in [-0.1, -0.05) is 0 Å². The molecule has 9 heavy (non-hydrogen) atoms. The summed E-state index contributed by atoms with van der Waals surface area (Å²) in [7, 11) is 0. The first-order valence-corrected chi connectivity index (χ1v) is 3.23. The Morgan fingerprint density at radius 1 is 1.33 bits per heavy atom. The van der Waals surface area contributed by atoms with Gasteiger partial charge in [0.1, 0.15) is 0 Å². The van der Waals surface area contributed by atoms with Gasteiger partial charge >= 0.3 is 0 Å². The molecule has 2 rings (SSSR count). The van der Waals surface area contributed by atoms with E-state index in [1.807, 2.05) is 0 Å². The van der Waals surface area contributed by atoms with Gasteiger partial charge in [-0.2, -0.15) is 0 Å². The zero-order valence-electron chi connectivity index (χ0n) is 5.25. The molecular formula is C6H12ClNO. The highest BCUT2D eigenvalue weighted by Gasteiger charge is 2.38. The lowest BCUT2D eigenvalue weighted by molar-refractivity contribution is 0.0694. The third kappa shape index (κ3) is 1.07. The molecule has 1 aliphatic carbocycles. The molecule has 54 valence electrons. The van der Waals surface area contributed by atoms with Crippen molar-refractivity contribution in [2.45, 2.75) is 25.0 Å². The fraction of sp³-hybridized carbons (Fsp3) is 1.00. The molecule has 1 saturated heterocycles. The van der Waals surface area contributed by atoms with Gasteiger partial charge in [-0.15, -0.1) is 12.4 Å². The normalized spacial score (nSPS) is 47.0. The molecular weight excluding hydrogens is 138 g/mol. The average Bonchev–Trinajstić information content (AvgIpc) is 2.23. The lowest BCUT2D eigenvalue weighted by Gasteiger charge is -2.16. The van der Waals surface area contributed by atoms with Crippen molar-refractivity contribution in [3.8, 4) is 0 Å². The van der Waals surface area contributed by atoms with Crippen LogP contribution in [0.5, 0.6) is 0 Å². The monoisotopic (exact) mass is 149 g/mol. The van der Waals surface area contributed by atoms with E-state index in [0.717, 1.165) is 13.0 Å². The highest BCUT2D eigenvalue weighted by molar-refractivity contribution is 5.85. The average molecular weight is 150 g/mol. The minimum Gasteiger partial charge on any atom is -0.378 e. The summed E-state index contributed by atoms with van der Waals surface area (Å²) < 4.78 is 5.34. The van der Waals surface area contributed by atoms with Gasteiger partial charge < -0.3 is 10.5 Å². The molecule has 0 amide bonds. The summed E-state index contributed by atoms with van der Waals surface area (Å²) in [6.07, 6.45) is 2.85. The number of ether oxygens (including phenoxy) is 1. The van der Waals surface area contributed by atoms with E-state index in [1.165, 1.54) is 6.42 Å². The van der Waals surface area contributed by atoms with Gasteiger partial charge in [0.2, 0.25) is 0 Å². The highest BCUT2D eigenvalue weighted by atomic mass is 35.5. The summed E-state index contributed by atoms with van der Waals surface area (Å²) in [4.78, 5) is 0. The summed E-state index contributed by atoms with van der Waals surface area (Å²) in [5.74, 6) is 0.694. The molecule has 0 radical (unpaired) electrons. The zero-order valence-corrected chi connectivity index (χ0v) is 6.06. The van der Waals surface area contributed by atoms with E-state index in [1.54, 1.807) is 0 Å². The fourth-order valence-corrected chi connectivity index (χ4v) is 1.69. The fourth-order valence-electron chi connectivity index (χ4n) is 1.69. The lowest BCUT2D eigenvalue weighted by Crippen LogP contribution is -2.30. The Morgan fingerprint density at radius 2 is 2.11 bits per heavy atom. The molecule has 2 N–H and O–H groups in total. The van der Waals surface area contributed by atoms with Crippen LogP contribution in [0.15, 0.2) is 0 Å². The predicted octanol–water partition coefficient (Wildman–Crippen LogP) is 0.544. The Kier molecular flexibility index (Phi) is 1.99. The van der Waals surface area contributed by atoms with Crippen molar-refractivity contribution in [2.75, 3.05) is 6.61 Å². The number of nitrogens with two attached hydrogens (primary N) is 1. The Hall–Kier alpha value is 0.210. The second-order valence-corrected chi connectivity index (χ2v) is 2.85. The largest absolute Gasteiger partial charge is 0.378 e. The van der Waals surface area contributed by atoms with Gasteiger partial charge in [0.25, 0.3) is 0 Å². The van der Waals surface area contributed by atoms with Crippen molar-refractivity contribution in [3.63, 3.8) is 0 Å². The van der Waals surface area contributed by atoms with Gasteiger partial charge in [-0.05, 0) is 18.8 Å². The molecule has 2 bridgehead atoms. The van der Waals surface area contributed by atoms with Crippen molar-refractivity contribution < 1.29 is 4.74 Å². The first-order chi connectivity index (χ1) is 3.86. The summed E-state index contributed by atoms with van der Waals surface area (Å²) >= 11 is 0. The van der Waals surface area contributed by atoms with Crippen LogP contribution in [-0.2, 0) is 4.74 Å². The summed E-state index contributed by atoms with van der Waals surface area (Å²) in [5.41, 5.74) is 5.74. The quantitative estimate of drug-likeness (QED) is 0.546. The molecule has 2 aliphatic rings. The molecule has 0 aromatic carbocycles. The molecule has 2 fully saturated rings. The Bertz CT molecular complexity index is 107. The minimum absolute atomic E-state index is 0. The SMILES string of the molecule is Cl.NC1CC2CC1CO2. The number of rotatable bonds is 0. The molecule has 0 aromatic rings. The predicted molar refractivity (Wildman–Crippen MR) is 37.7 cm³/mol. The maximum atomic E-state index is 5.74. The molecule has 2 nitrogen and oxygen atoms in total. The molecule has 0 aromatic heterocycles. The van der Waals surface area contributed by atoms with E-state index in [4.69, 9.17) is 10.5 Å². The van der Waals surface area contributed by atoms with Gasteiger partial charge in [-0.3, -0.25) is 0 Å². The third-order valence-corrected chi connectivity index (χ3v) is 2.25. The van der Waals surface area contributed by atoms with Crippen LogP contribution < -0.4 is 5.73 Å². The van der Waals surface area contributed by atoms with Crippen molar-refractivity contribution in [1.82, 2.24) is 0 Å². The van der Waals surface area contributed by atoms with E-state index in [0.29, 0.717) is 18.1 Å². The standard InChI is InChI=1S/C6H11NO.ClH/c7-6-2-5-1-4(6)3-8-5;/h4-6H,1-3,7H2;1H. The molecule has 1 saturated carbocycles. The van der Waals surface area contributed by atoms with E-state index in [2.05, 4.69) is 0 Å². The molecule has 0 spiro atoms.